The van der Waals surface area contributed by atoms with Crippen LogP contribution < -0.4 is 10.9 Å². The van der Waals surface area contributed by atoms with Gasteiger partial charge in [0.05, 0.1) is 0 Å². The largest absolute Gasteiger partial charge is 0.322 e. The molecule has 19 heavy (non-hydrogen) atoms. The van der Waals surface area contributed by atoms with E-state index in [9.17, 15) is 4.39 Å². The van der Waals surface area contributed by atoms with Crippen LogP contribution in [-0.2, 0) is 0 Å². The van der Waals surface area contributed by atoms with Crippen molar-refractivity contribution < 1.29 is 4.39 Å². The smallest absolute Gasteiger partial charge is 0.123 e. The number of rotatable bonds is 10. The molecule has 2 N–H and O–H groups in total. The third-order valence-electron chi connectivity index (χ3n) is 2.98. The first-order chi connectivity index (χ1) is 8.83. The molecule has 110 valence electrons. The lowest BCUT2D eigenvalue weighted by molar-refractivity contribution is 0.577. The fourth-order valence-electron chi connectivity index (χ4n) is 1.87. The third kappa shape index (κ3) is 9.74. The molecule has 0 atom stereocenters. The summed E-state index contributed by atoms with van der Waals surface area (Å²) in [5, 5.41) is 0. The molecule has 0 fully saturated rings. The van der Waals surface area contributed by atoms with E-state index in [0.717, 1.165) is 12.2 Å². The van der Waals surface area contributed by atoms with Gasteiger partial charge in [0.25, 0.3) is 0 Å². The topological polar surface area (TPSA) is 24.1 Å². The number of hydrogen-bond donors (Lipinski definition) is 2. The molecule has 1 rings (SSSR count). The Balaban J connectivity index is 0.00000324. The molecular formula is C15H26ClFN2. The maximum atomic E-state index is 12.7. The Morgan fingerprint density at radius 2 is 1.47 bits per heavy atom. The Bertz CT molecular complexity index is 304. The molecule has 0 amide bonds. The zero-order valence-corrected chi connectivity index (χ0v) is 12.6. The predicted octanol–water partition coefficient (Wildman–Crippen LogP) is 4.91. The van der Waals surface area contributed by atoms with E-state index in [1.807, 2.05) is 0 Å². The average Bonchev–Trinajstić information content (AvgIpc) is 2.39. The molecule has 4 heteroatoms. The molecule has 0 unspecified atom stereocenters. The molecule has 2 nitrogen and oxygen atoms in total. The van der Waals surface area contributed by atoms with Crippen LogP contribution in [0.25, 0.3) is 0 Å². The first-order valence-electron chi connectivity index (χ1n) is 7.07. The summed E-state index contributed by atoms with van der Waals surface area (Å²) in [5.74, 6) is -0.201. The Hall–Kier alpha value is -0.800. The average molecular weight is 289 g/mol. The third-order valence-corrected chi connectivity index (χ3v) is 2.98. The van der Waals surface area contributed by atoms with E-state index in [-0.39, 0.29) is 18.2 Å². The van der Waals surface area contributed by atoms with Gasteiger partial charge < -0.3 is 5.43 Å². The van der Waals surface area contributed by atoms with Crippen LogP contribution in [0.3, 0.4) is 0 Å². The number of hydrogen-bond acceptors (Lipinski definition) is 2. The lowest BCUT2D eigenvalue weighted by atomic mass is 10.1. The summed E-state index contributed by atoms with van der Waals surface area (Å²) in [6.07, 6.45) is 9.20. The van der Waals surface area contributed by atoms with Crippen LogP contribution in [0.5, 0.6) is 0 Å². The highest BCUT2D eigenvalue weighted by molar-refractivity contribution is 5.85. The standard InChI is InChI=1S/C15H25FN2.ClH/c1-2-3-4-5-6-7-8-13-17-18-15-11-9-14(16)10-12-15;/h9-12,17-18H,2-8,13H2,1H3;1H. The normalized spacial score (nSPS) is 10.0. The molecule has 0 saturated carbocycles. The van der Waals surface area contributed by atoms with Crippen molar-refractivity contribution >= 4 is 18.1 Å². The van der Waals surface area contributed by atoms with Crippen molar-refractivity contribution in [1.82, 2.24) is 5.43 Å². The van der Waals surface area contributed by atoms with Crippen molar-refractivity contribution in [3.63, 3.8) is 0 Å². The molecule has 0 aliphatic heterocycles. The van der Waals surface area contributed by atoms with Gasteiger partial charge in [-0.15, -0.1) is 12.4 Å². The van der Waals surface area contributed by atoms with Crippen molar-refractivity contribution in [3.05, 3.63) is 30.1 Å². The molecule has 0 bridgehead atoms. The Morgan fingerprint density at radius 3 is 2.11 bits per heavy atom. The molecule has 0 saturated heterocycles. The molecular weight excluding hydrogens is 263 g/mol. The number of benzene rings is 1. The summed E-state index contributed by atoms with van der Waals surface area (Å²) in [5.41, 5.74) is 7.12. The van der Waals surface area contributed by atoms with Crippen LogP contribution in [0.2, 0.25) is 0 Å². The van der Waals surface area contributed by atoms with Crippen molar-refractivity contribution in [1.29, 1.82) is 0 Å². The molecule has 0 aliphatic rings. The maximum Gasteiger partial charge on any atom is 0.123 e. The van der Waals surface area contributed by atoms with Gasteiger partial charge in [0.1, 0.15) is 5.82 Å². The van der Waals surface area contributed by atoms with Gasteiger partial charge in [-0.25, -0.2) is 9.82 Å². The lowest BCUT2D eigenvalue weighted by Crippen LogP contribution is -2.22. The van der Waals surface area contributed by atoms with E-state index >= 15 is 0 Å². The van der Waals surface area contributed by atoms with Crippen molar-refractivity contribution in [2.24, 2.45) is 0 Å². The monoisotopic (exact) mass is 288 g/mol. The van der Waals surface area contributed by atoms with Gasteiger partial charge in [-0.05, 0) is 30.7 Å². The number of nitrogens with one attached hydrogen (secondary N) is 2. The van der Waals surface area contributed by atoms with Crippen molar-refractivity contribution in [3.8, 4) is 0 Å². The van der Waals surface area contributed by atoms with Crippen LogP contribution in [0, 0.1) is 5.82 Å². The molecule has 0 radical (unpaired) electrons. The highest BCUT2D eigenvalue weighted by atomic mass is 35.5. The minimum absolute atomic E-state index is 0. The van der Waals surface area contributed by atoms with E-state index in [1.165, 1.54) is 57.1 Å². The van der Waals surface area contributed by atoms with E-state index in [2.05, 4.69) is 17.8 Å². The zero-order valence-electron chi connectivity index (χ0n) is 11.8. The van der Waals surface area contributed by atoms with Crippen LogP contribution >= 0.6 is 12.4 Å². The summed E-state index contributed by atoms with van der Waals surface area (Å²) in [6, 6.07) is 6.37. The predicted molar refractivity (Wildman–Crippen MR) is 83.3 cm³/mol. The zero-order chi connectivity index (χ0) is 13.1. The Kier molecular flexibility index (Phi) is 11.7. The second-order valence-corrected chi connectivity index (χ2v) is 4.68. The summed E-state index contributed by atoms with van der Waals surface area (Å²) in [4.78, 5) is 0. The molecule has 0 heterocycles. The number of halogens is 2. The summed E-state index contributed by atoms with van der Waals surface area (Å²) < 4.78 is 12.7. The van der Waals surface area contributed by atoms with Gasteiger partial charge in [0.15, 0.2) is 0 Å². The summed E-state index contributed by atoms with van der Waals surface area (Å²) in [6.45, 7) is 3.19. The van der Waals surface area contributed by atoms with Gasteiger partial charge >= 0.3 is 0 Å². The van der Waals surface area contributed by atoms with Crippen LogP contribution in [0.15, 0.2) is 24.3 Å². The molecule has 0 aliphatic carbocycles. The van der Waals surface area contributed by atoms with Crippen molar-refractivity contribution in [2.45, 2.75) is 51.9 Å². The van der Waals surface area contributed by atoms with Gasteiger partial charge in [-0.1, -0.05) is 45.4 Å². The van der Waals surface area contributed by atoms with Gasteiger partial charge in [-0.3, -0.25) is 0 Å². The highest BCUT2D eigenvalue weighted by Crippen LogP contribution is 2.08. The number of hydrazine groups is 1. The quantitative estimate of drug-likeness (QED) is 0.472. The second-order valence-electron chi connectivity index (χ2n) is 4.68. The van der Waals surface area contributed by atoms with Gasteiger partial charge in [0, 0.05) is 12.2 Å². The maximum absolute atomic E-state index is 12.7. The minimum atomic E-state index is -0.201. The number of unbranched alkanes of at least 4 members (excludes halogenated alkanes) is 6. The van der Waals surface area contributed by atoms with Gasteiger partial charge in [0.2, 0.25) is 0 Å². The molecule has 1 aromatic rings. The van der Waals surface area contributed by atoms with E-state index in [0.29, 0.717) is 0 Å². The lowest BCUT2D eigenvalue weighted by Gasteiger charge is -2.08. The van der Waals surface area contributed by atoms with E-state index in [4.69, 9.17) is 0 Å². The fourth-order valence-corrected chi connectivity index (χ4v) is 1.87. The van der Waals surface area contributed by atoms with Crippen LogP contribution in [0.4, 0.5) is 10.1 Å². The van der Waals surface area contributed by atoms with E-state index in [1.54, 1.807) is 12.1 Å². The van der Waals surface area contributed by atoms with Gasteiger partial charge in [-0.2, -0.15) is 0 Å². The molecule has 1 aromatic carbocycles. The van der Waals surface area contributed by atoms with Crippen molar-refractivity contribution in [2.75, 3.05) is 12.0 Å². The number of anilines is 1. The summed E-state index contributed by atoms with van der Waals surface area (Å²) >= 11 is 0. The SMILES string of the molecule is CCCCCCCCCNNc1ccc(F)cc1.Cl. The summed E-state index contributed by atoms with van der Waals surface area (Å²) in [7, 11) is 0. The Labute approximate surface area is 122 Å². The first kappa shape index (κ1) is 18.2. The van der Waals surface area contributed by atoms with Crippen LogP contribution in [0.1, 0.15) is 51.9 Å². The first-order valence-corrected chi connectivity index (χ1v) is 7.07. The van der Waals surface area contributed by atoms with E-state index < -0.39 is 0 Å². The minimum Gasteiger partial charge on any atom is -0.322 e. The second kappa shape index (κ2) is 12.2. The Morgan fingerprint density at radius 1 is 0.895 bits per heavy atom. The molecule has 0 spiro atoms. The van der Waals surface area contributed by atoms with Crippen LogP contribution in [-0.4, -0.2) is 6.54 Å². The fraction of sp³-hybridized carbons (Fsp3) is 0.600. The highest BCUT2D eigenvalue weighted by Gasteiger charge is 1.93. The molecule has 0 aromatic heterocycles.